The topological polar surface area (TPSA) is 57.0 Å². The van der Waals surface area contributed by atoms with Crippen molar-refractivity contribution < 1.29 is 0 Å². The number of aromatic nitrogens is 1. The molecule has 0 fully saturated rings. The number of nitrogen functional groups attached to an aromatic ring is 2. The average molecular weight is 329 g/mol. The van der Waals surface area contributed by atoms with Gasteiger partial charge in [-0.05, 0) is 36.2 Å². The van der Waals surface area contributed by atoms with Crippen LogP contribution in [-0.2, 0) is 0 Å². The molecule has 0 bridgehead atoms. The molecule has 4 N–H and O–H groups in total. The second kappa shape index (κ2) is 6.17. The molecule has 0 saturated carbocycles. The number of hydrogen-bond acceptors (Lipinski definition) is 2. The van der Waals surface area contributed by atoms with E-state index in [2.05, 4.69) is 66.1 Å². The first-order valence-electron chi connectivity index (χ1n) is 8.82. The summed E-state index contributed by atoms with van der Waals surface area (Å²) in [6.07, 6.45) is 2.16. The van der Waals surface area contributed by atoms with E-state index >= 15 is 0 Å². The predicted octanol–water partition coefficient (Wildman–Crippen LogP) is 5.35. The summed E-state index contributed by atoms with van der Waals surface area (Å²) >= 11 is 0. The van der Waals surface area contributed by atoms with E-state index in [-0.39, 0.29) is 6.04 Å². The van der Waals surface area contributed by atoms with Gasteiger partial charge in [0, 0.05) is 22.1 Å². The van der Waals surface area contributed by atoms with Gasteiger partial charge in [-0.2, -0.15) is 0 Å². The third kappa shape index (κ3) is 2.62. The maximum absolute atomic E-state index is 6.12. The highest BCUT2D eigenvalue weighted by molar-refractivity contribution is 6.09. The Balaban J connectivity index is 2.09. The quantitative estimate of drug-likeness (QED) is 0.496. The van der Waals surface area contributed by atoms with Crippen LogP contribution in [0.25, 0.3) is 21.8 Å². The van der Waals surface area contributed by atoms with E-state index in [0.717, 1.165) is 24.2 Å². The van der Waals surface area contributed by atoms with Gasteiger partial charge in [0.1, 0.15) is 0 Å². The second-order valence-corrected chi connectivity index (χ2v) is 6.64. The molecule has 25 heavy (non-hydrogen) atoms. The van der Waals surface area contributed by atoms with Gasteiger partial charge in [0.2, 0.25) is 0 Å². The largest absolute Gasteiger partial charge is 0.399 e. The van der Waals surface area contributed by atoms with Crippen molar-refractivity contribution in [1.29, 1.82) is 0 Å². The van der Waals surface area contributed by atoms with E-state index in [1.807, 2.05) is 12.1 Å². The van der Waals surface area contributed by atoms with Crippen LogP contribution in [0.1, 0.15) is 31.4 Å². The van der Waals surface area contributed by atoms with Crippen molar-refractivity contribution in [2.24, 2.45) is 0 Å². The molecule has 0 aliphatic rings. The highest BCUT2D eigenvalue weighted by Crippen LogP contribution is 2.37. The fourth-order valence-corrected chi connectivity index (χ4v) is 3.81. The first-order chi connectivity index (χ1) is 12.2. The minimum atomic E-state index is 0.259. The van der Waals surface area contributed by atoms with Crippen LogP contribution in [0.5, 0.6) is 0 Å². The molecule has 3 aromatic carbocycles. The zero-order valence-corrected chi connectivity index (χ0v) is 14.4. The summed E-state index contributed by atoms with van der Waals surface area (Å²) in [5.41, 5.74) is 17.5. The molecule has 1 heterocycles. The summed E-state index contributed by atoms with van der Waals surface area (Å²) in [6.45, 7) is 2.23. The van der Waals surface area contributed by atoms with E-state index in [1.165, 1.54) is 27.4 Å². The molecule has 4 rings (SSSR count). The summed E-state index contributed by atoms with van der Waals surface area (Å²) in [5.74, 6) is 0. The zero-order valence-electron chi connectivity index (χ0n) is 14.4. The first kappa shape index (κ1) is 15.6. The molecule has 4 aromatic rings. The first-order valence-corrected chi connectivity index (χ1v) is 8.82. The van der Waals surface area contributed by atoms with Crippen molar-refractivity contribution in [2.45, 2.75) is 25.8 Å². The number of nitrogens with two attached hydrogens (primary N) is 2. The van der Waals surface area contributed by atoms with Crippen LogP contribution in [0.4, 0.5) is 11.4 Å². The van der Waals surface area contributed by atoms with Crippen LogP contribution in [-0.4, -0.2) is 4.57 Å². The molecule has 126 valence electrons. The molecule has 0 radical (unpaired) electrons. The summed E-state index contributed by atoms with van der Waals surface area (Å²) in [4.78, 5) is 0. The smallest absolute Gasteiger partial charge is 0.0591 e. The standard InChI is InChI=1S/C22H23N3/c1-2-6-20(15-7-4-3-5-8-15)25-21-13-16(23)9-11-18(21)19-12-10-17(24)14-22(19)25/h3-5,7-14,20H,2,6,23-24H2,1H3. The van der Waals surface area contributed by atoms with Crippen molar-refractivity contribution >= 4 is 33.2 Å². The Hall–Kier alpha value is -2.94. The van der Waals surface area contributed by atoms with Crippen molar-refractivity contribution in [3.63, 3.8) is 0 Å². The molecule has 3 nitrogen and oxygen atoms in total. The van der Waals surface area contributed by atoms with Crippen molar-refractivity contribution in [2.75, 3.05) is 11.5 Å². The second-order valence-electron chi connectivity index (χ2n) is 6.64. The lowest BCUT2D eigenvalue weighted by Crippen LogP contribution is -2.10. The molecule has 0 saturated heterocycles. The molecule has 1 unspecified atom stereocenters. The van der Waals surface area contributed by atoms with Gasteiger partial charge in [-0.15, -0.1) is 0 Å². The molecular formula is C22H23N3. The van der Waals surface area contributed by atoms with Gasteiger partial charge >= 0.3 is 0 Å². The summed E-state index contributed by atoms with van der Waals surface area (Å²) in [5, 5.41) is 2.45. The number of anilines is 2. The van der Waals surface area contributed by atoms with Gasteiger partial charge in [0.25, 0.3) is 0 Å². The number of rotatable bonds is 4. The third-order valence-corrected chi connectivity index (χ3v) is 4.91. The fraction of sp³-hybridized carbons (Fsp3) is 0.182. The van der Waals surface area contributed by atoms with Gasteiger partial charge in [-0.25, -0.2) is 0 Å². The van der Waals surface area contributed by atoms with E-state index in [1.54, 1.807) is 0 Å². The van der Waals surface area contributed by atoms with Crippen LogP contribution >= 0.6 is 0 Å². The maximum Gasteiger partial charge on any atom is 0.0591 e. The SMILES string of the molecule is CCCC(c1ccccc1)n1c2cc(N)ccc2c2ccc(N)cc21. The molecule has 0 spiro atoms. The molecular weight excluding hydrogens is 306 g/mol. The normalized spacial score (nSPS) is 12.7. The molecule has 1 atom stereocenters. The molecule has 0 aliphatic carbocycles. The fourth-order valence-electron chi connectivity index (χ4n) is 3.81. The van der Waals surface area contributed by atoms with Crippen LogP contribution in [0.15, 0.2) is 66.7 Å². The Morgan fingerprint density at radius 2 is 1.36 bits per heavy atom. The Labute approximate surface area is 147 Å². The summed E-state index contributed by atoms with van der Waals surface area (Å²) in [6, 6.07) is 23.3. The van der Waals surface area contributed by atoms with Gasteiger partial charge in [0.05, 0.1) is 17.1 Å². The van der Waals surface area contributed by atoms with E-state index in [4.69, 9.17) is 11.5 Å². The number of benzene rings is 3. The third-order valence-electron chi connectivity index (χ3n) is 4.91. The minimum Gasteiger partial charge on any atom is -0.399 e. The van der Waals surface area contributed by atoms with Gasteiger partial charge < -0.3 is 16.0 Å². The summed E-state index contributed by atoms with van der Waals surface area (Å²) < 4.78 is 2.41. The maximum atomic E-state index is 6.12. The van der Waals surface area contributed by atoms with E-state index < -0.39 is 0 Å². The van der Waals surface area contributed by atoms with Crippen LogP contribution in [0.3, 0.4) is 0 Å². The van der Waals surface area contributed by atoms with Gasteiger partial charge in [-0.1, -0.05) is 55.8 Å². The summed E-state index contributed by atoms with van der Waals surface area (Å²) in [7, 11) is 0. The molecule has 1 aromatic heterocycles. The number of nitrogens with zero attached hydrogens (tertiary/aromatic N) is 1. The molecule has 0 aliphatic heterocycles. The van der Waals surface area contributed by atoms with Crippen LogP contribution in [0.2, 0.25) is 0 Å². The van der Waals surface area contributed by atoms with Gasteiger partial charge in [0.15, 0.2) is 0 Å². The Kier molecular flexibility index (Phi) is 3.85. The average Bonchev–Trinajstić information content (AvgIpc) is 2.93. The Bertz CT molecular complexity index is 972. The van der Waals surface area contributed by atoms with Crippen LogP contribution in [0, 0.1) is 0 Å². The lowest BCUT2D eigenvalue weighted by Gasteiger charge is -2.22. The van der Waals surface area contributed by atoms with Crippen molar-refractivity contribution in [3.05, 3.63) is 72.3 Å². The zero-order chi connectivity index (χ0) is 17.4. The van der Waals surface area contributed by atoms with E-state index in [9.17, 15) is 0 Å². The number of hydrogen-bond donors (Lipinski definition) is 2. The lowest BCUT2D eigenvalue weighted by atomic mass is 10.0. The van der Waals surface area contributed by atoms with Gasteiger partial charge in [-0.3, -0.25) is 0 Å². The highest BCUT2D eigenvalue weighted by Gasteiger charge is 2.19. The number of fused-ring (bicyclic) bond motifs is 3. The predicted molar refractivity (Wildman–Crippen MR) is 108 cm³/mol. The van der Waals surface area contributed by atoms with E-state index in [0.29, 0.717) is 0 Å². The Morgan fingerprint density at radius 3 is 1.88 bits per heavy atom. The monoisotopic (exact) mass is 329 g/mol. The highest BCUT2D eigenvalue weighted by atomic mass is 15.0. The van der Waals surface area contributed by atoms with Crippen molar-refractivity contribution in [1.82, 2.24) is 4.57 Å². The van der Waals surface area contributed by atoms with Crippen molar-refractivity contribution in [3.8, 4) is 0 Å². The Morgan fingerprint density at radius 1 is 0.800 bits per heavy atom. The minimum absolute atomic E-state index is 0.259. The lowest BCUT2D eigenvalue weighted by molar-refractivity contribution is 0.561. The van der Waals surface area contributed by atoms with Crippen LogP contribution < -0.4 is 11.5 Å². The molecule has 0 amide bonds. The molecule has 3 heteroatoms.